The minimum atomic E-state index is -0.304. The van der Waals surface area contributed by atoms with E-state index in [4.69, 9.17) is 27.9 Å². The third-order valence-electron chi connectivity index (χ3n) is 4.47. The molecule has 2 aromatic heterocycles. The van der Waals surface area contributed by atoms with E-state index in [1.165, 1.54) is 0 Å². The van der Waals surface area contributed by atoms with Crippen LogP contribution in [0, 0.1) is 6.92 Å². The van der Waals surface area contributed by atoms with Gasteiger partial charge in [-0.1, -0.05) is 42.3 Å². The van der Waals surface area contributed by atoms with Crippen LogP contribution in [0.4, 0.5) is 0 Å². The van der Waals surface area contributed by atoms with Crippen molar-refractivity contribution < 1.29 is 14.6 Å². The van der Waals surface area contributed by atoms with Crippen LogP contribution in [0.3, 0.4) is 0 Å². The second-order valence-electron chi connectivity index (χ2n) is 6.37. The fourth-order valence-corrected chi connectivity index (χ4v) is 3.26. The Morgan fingerprint density at radius 1 is 1.32 bits per heavy atom. The maximum absolute atomic E-state index is 12.7. The number of nitrogens with one attached hydrogen (secondary N) is 1. The first-order valence-electron chi connectivity index (χ1n) is 8.91. The Morgan fingerprint density at radius 3 is 2.82 bits per heavy atom. The molecule has 1 atom stereocenters. The minimum Gasteiger partial charge on any atom is -0.485 e. The standard InChI is InChI=1S/C20H21Cl2N3O3/c1-3-14(10-26)24-20(27)18-12(2)23-19-16(8-5-9-25(18)19)28-11-13-6-4-7-15(21)17(13)22/h4-9,14,26H,3,10-11H2,1-2H3,(H,24,27). The van der Waals surface area contributed by atoms with Gasteiger partial charge in [0.15, 0.2) is 11.4 Å². The number of aliphatic hydroxyl groups excluding tert-OH is 1. The molecule has 8 heteroatoms. The smallest absolute Gasteiger partial charge is 0.270 e. The van der Waals surface area contributed by atoms with Gasteiger partial charge in [0.2, 0.25) is 0 Å². The largest absolute Gasteiger partial charge is 0.485 e. The molecule has 28 heavy (non-hydrogen) atoms. The Kier molecular flexibility index (Phi) is 6.44. The van der Waals surface area contributed by atoms with Crippen LogP contribution < -0.4 is 10.1 Å². The molecule has 0 spiro atoms. The second-order valence-corrected chi connectivity index (χ2v) is 7.16. The predicted molar refractivity (Wildman–Crippen MR) is 109 cm³/mol. The summed E-state index contributed by atoms with van der Waals surface area (Å²) in [6.07, 6.45) is 2.39. The molecule has 1 amide bonds. The molecule has 0 saturated carbocycles. The quantitative estimate of drug-likeness (QED) is 0.603. The molecule has 2 N–H and O–H groups in total. The number of fused-ring (bicyclic) bond motifs is 1. The van der Waals surface area contributed by atoms with Crippen molar-refractivity contribution in [1.29, 1.82) is 0 Å². The summed E-state index contributed by atoms with van der Waals surface area (Å²) in [7, 11) is 0. The highest BCUT2D eigenvalue weighted by Gasteiger charge is 2.21. The fraction of sp³-hybridized carbons (Fsp3) is 0.300. The van der Waals surface area contributed by atoms with Gasteiger partial charge >= 0.3 is 0 Å². The number of carbonyl (C=O) groups is 1. The normalized spacial score (nSPS) is 12.2. The van der Waals surface area contributed by atoms with Crippen LogP contribution in [0.5, 0.6) is 5.75 Å². The van der Waals surface area contributed by atoms with Crippen molar-refractivity contribution >= 4 is 34.8 Å². The van der Waals surface area contributed by atoms with Crippen molar-refractivity contribution in [2.75, 3.05) is 6.61 Å². The monoisotopic (exact) mass is 421 g/mol. The molecule has 6 nitrogen and oxygen atoms in total. The van der Waals surface area contributed by atoms with Gasteiger partial charge in [0.1, 0.15) is 12.3 Å². The van der Waals surface area contributed by atoms with Gasteiger partial charge in [-0.15, -0.1) is 0 Å². The van der Waals surface area contributed by atoms with E-state index in [1.807, 2.05) is 13.0 Å². The van der Waals surface area contributed by atoms with Crippen LogP contribution in [-0.4, -0.2) is 33.0 Å². The zero-order valence-corrected chi connectivity index (χ0v) is 17.1. The number of halogens is 2. The van der Waals surface area contributed by atoms with Gasteiger partial charge in [0.25, 0.3) is 5.91 Å². The van der Waals surface area contributed by atoms with Gasteiger partial charge in [-0.25, -0.2) is 4.98 Å². The molecule has 3 rings (SSSR count). The van der Waals surface area contributed by atoms with E-state index in [9.17, 15) is 9.90 Å². The van der Waals surface area contributed by atoms with Gasteiger partial charge < -0.3 is 15.2 Å². The molecule has 1 unspecified atom stereocenters. The number of amides is 1. The van der Waals surface area contributed by atoms with E-state index in [0.29, 0.717) is 39.3 Å². The zero-order chi connectivity index (χ0) is 20.3. The summed E-state index contributed by atoms with van der Waals surface area (Å²) in [6, 6.07) is 8.62. The SMILES string of the molecule is CCC(CO)NC(=O)c1c(C)nc2c(OCc3cccc(Cl)c3Cl)cccn12. The van der Waals surface area contributed by atoms with Crippen LogP contribution in [0.1, 0.15) is 35.1 Å². The van der Waals surface area contributed by atoms with Crippen molar-refractivity contribution in [3.8, 4) is 5.75 Å². The molecule has 0 bridgehead atoms. The summed E-state index contributed by atoms with van der Waals surface area (Å²) in [5.41, 5.74) is 2.27. The predicted octanol–water partition coefficient (Wildman–Crippen LogP) is 4.03. The Hall–Kier alpha value is -2.28. The van der Waals surface area contributed by atoms with Crippen molar-refractivity contribution in [1.82, 2.24) is 14.7 Å². The first kappa shape index (κ1) is 20.5. The number of imidazole rings is 1. The first-order chi connectivity index (χ1) is 13.5. The number of aryl methyl sites for hydroxylation is 1. The maximum Gasteiger partial charge on any atom is 0.270 e. The summed E-state index contributed by atoms with van der Waals surface area (Å²) in [5, 5.41) is 13.1. The lowest BCUT2D eigenvalue weighted by Crippen LogP contribution is -2.37. The van der Waals surface area contributed by atoms with Crippen LogP contribution >= 0.6 is 23.2 Å². The average molecular weight is 422 g/mol. The minimum absolute atomic E-state index is 0.118. The van der Waals surface area contributed by atoms with Gasteiger partial charge in [-0.05, 0) is 31.5 Å². The van der Waals surface area contributed by atoms with Crippen LogP contribution in [0.2, 0.25) is 10.0 Å². The first-order valence-corrected chi connectivity index (χ1v) is 9.66. The Bertz CT molecular complexity index is 1000. The molecule has 0 radical (unpaired) electrons. The maximum atomic E-state index is 12.7. The molecule has 0 aliphatic heterocycles. The molecule has 1 aromatic carbocycles. The van der Waals surface area contributed by atoms with Gasteiger partial charge in [-0.3, -0.25) is 9.20 Å². The molecule has 0 aliphatic carbocycles. The van der Waals surface area contributed by atoms with E-state index in [0.717, 1.165) is 5.56 Å². The number of hydrogen-bond acceptors (Lipinski definition) is 4. The van der Waals surface area contributed by atoms with Gasteiger partial charge in [0, 0.05) is 11.8 Å². The molecule has 2 heterocycles. The van der Waals surface area contributed by atoms with Crippen molar-refractivity contribution in [2.45, 2.75) is 32.9 Å². The summed E-state index contributed by atoms with van der Waals surface area (Å²) in [4.78, 5) is 17.2. The molecule has 3 aromatic rings. The number of hydrogen-bond donors (Lipinski definition) is 2. The molecular weight excluding hydrogens is 401 g/mol. The number of aromatic nitrogens is 2. The van der Waals surface area contributed by atoms with Gasteiger partial charge in [0.05, 0.1) is 28.4 Å². The number of benzene rings is 1. The number of ether oxygens (including phenoxy) is 1. The molecule has 0 fully saturated rings. The Morgan fingerprint density at radius 2 is 2.11 bits per heavy atom. The van der Waals surface area contributed by atoms with E-state index in [-0.39, 0.29) is 25.2 Å². The lowest BCUT2D eigenvalue weighted by atomic mass is 10.2. The number of aliphatic hydroxyl groups is 1. The average Bonchev–Trinajstić information content (AvgIpc) is 3.03. The summed E-state index contributed by atoms with van der Waals surface area (Å²) in [5.74, 6) is 0.232. The van der Waals surface area contributed by atoms with Crippen molar-refractivity contribution in [2.24, 2.45) is 0 Å². The zero-order valence-electron chi connectivity index (χ0n) is 15.6. The number of carbonyl (C=O) groups excluding carboxylic acids is 1. The van der Waals surface area contributed by atoms with Gasteiger partial charge in [-0.2, -0.15) is 0 Å². The molecule has 0 aliphatic rings. The topological polar surface area (TPSA) is 75.9 Å². The number of pyridine rings is 1. The van der Waals surface area contributed by atoms with E-state index < -0.39 is 0 Å². The van der Waals surface area contributed by atoms with Crippen LogP contribution in [-0.2, 0) is 6.61 Å². The lowest BCUT2D eigenvalue weighted by Gasteiger charge is -2.14. The fourth-order valence-electron chi connectivity index (χ4n) is 2.89. The second kappa shape index (κ2) is 8.82. The molecule has 0 saturated heterocycles. The number of nitrogens with zero attached hydrogens (tertiary/aromatic N) is 2. The number of rotatable bonds is 7. The highest BCUT2D eigenvalue weighted by molar-refractivity contribution is 6.42. The molecular formula is C20H21Cl2N3O3. The van der Waals surface area contributed by atoms with Crippen molar-refractivity contribution in [3.05, 3.63) is 63.5 Å². The lowest BCUT2D eigenvalue weighted by molar-refractivity contribution is 0.0908. The van der Waals surface area contributed by atoms with E-state index >= 15 is 0 Å². The highest BCUT2D eigenvalue weighted by atomic mass is 35.5. The summed E-state index contributed by atoms with van der Waals surface area (Å²) >= 11 is 12.3. The Labute approximate surface area is 173 Å². The third-order valence-corrected chi connectivity index (χ3v) is 5.32. The third kappa shape index (κ3) is 4.09. The van der Waals surface area contributed by atoms with Crippen LogP contribution in [0.15, 0.2) is 36.5 Å². The van der Waals surface area contributed by atoms with Crippen molar-refractivity contribution in [3.63, 3.8) is 0 Å². The van der Waals surface area contributed by atoms with E-state index in [2.05, 4.69) is 10.3 Å². The van der Waals surface area contributed by atoms with Crippen LogP contribution in [0.25, 0.3) is 5.65 Å². The highest BCUT2D eigenvalue weighted by Crippen LogP contribution is 2.28. The Balaban J connectivity index is 1.89. The van der Waals surface area contributed by atoms with E-state index in [1.54, 1.807) is 41.8 Å². The summed E-state index contributed by atoms with van der Waals surface area (Å²) in [6.45, 7) is 3.76. The molecule has 148 valence electrons. The summed E-state index contributed by atoms with van der Waals surface area (Å²) < 4.78 is 7.60.